The average Bonchev–Trinajstić information content (AvgIpc) is 2.92. The highest BCUT2D eigenvalue weighted by Gasteiger charge is 2.05. The van der Waals surface area contributed by atoms with E-state index < -0.39 is 6.10 Å². The molecular formula is C15H22N2O3S. The number of hydrogen-bond donors (Lipinski definition) is 2. The SMILES string of the molecule is CC(C)OCCOCC(O)CNc1ccc2ncsc2c1. The summed E-state index contributed by atoms with van der Waals surface area (Å²) in [6.07, 6.45) is -0.331. The zero-order valence-corrected chi connectivity index (χ0v) is 13.2. The highest BCUT2D eigenvalue weighted by molar-refractivity contribution is 7.16. The number of aliphatic hydroxyl groups is 1. The second kappa shape index (κ2) is 8.29. The molecule has 21 heavy (non-hydrogen) atoms. The number of nitrogens with zero attached hydrogens (tertiary/aromatic N) is 1. The molecule has 0 aliphatic carbocycles. The van der Waals surface area contributed by atoms with E-state index in [-0.39, 0.29) is 6.10 Å². The molecule has 6 heteroatoms. The van der Waals surface area contributed by atoms with Crippen molar-refractivity contribution < 1.29 is 14.6 Å². The van der Waals surface area contributed by atoms with E-state index in [0.717, 1.165) is 15.9 Å². The number of anilines is 1. The van der Waals surface area contributed by atoms with Gasteiger partial charge in [-0.25, -0.2) is 4.98 Å². The lowest BCUT2D eigenvalue weighted by molar-refractivity contribution is -0.00734. The summed E-state index contributed by atoms with van der Waals surface area (Å²) in [5.74, 6) is 0. The minimum atomic E-state index is -0.541. The summed E-state index contributed by atoms with van der Waals surface area (Å²) in [5.41, 5.74) is 3.81. The van der Waals surface area contributed by atoms with Crippen molar-refractivity contribution >= 4 is 27.2 Å². The number of aliphatic hydroxyl groups excluding tert-OH is 1. The molecule has 2 aromatic rings. The Morgan fingerprint density at radius 1 is 1.33 bits per heavy atom. The molecule has 116 valence electrons. The van der Waals surface area contributed by atoms with E-state index in [4.69, 9.17) is 9.47 Å². The van der Waals surface area contributed by atoms with Crippen molar-refractivity contribution in [1.29, 1.82) is 0 Å². The monoisotopic (exact) mass is 310 g/mol. The van der Waals surface area contributed by atoms with Crippen LogP contribution in [-0.4, -0.2) is 48.7 Å². The number of fused-ring (bicyclic) bond motifs is 1. The van der Waals surface area contributed by atoms with Crippen LogP contribution in [0.4, 0.5) is 5.69 Å². The van der Waals surface area contributed by atoms with E-state index >= 15 is 0 Å². The molecule has 0 saturated carbocycles. The third kappa shape index (κ3) is 5.59. The van der Waals surface area contributed by atoms with Gasteiger partial charge in [-0.2, -0.15) is 0 Å². The second-order valence-electron chi connectivity index (χ2n) is 5.06. The molecule has 1 unspecified atom stereocenters. The van der Waals surface area contributed by atoms with E-state index in [0.29, 0.717) is 26.4 Å². The van der Waals surface area contributed by atoms with Gasteiger partial charge in [0.25, 0.3) is 0 Å². The zero-order valence-electron chi connectivity index (χ0n) is 12.4. The summed E-state index contributed by atoms with van der Waals surface area (Å²) < 4.78 is 11.9. The highest BCUT2D eigenvalue weighted by atomic mass is 32.1. The van der Waals surface area contributed by atoms with Gasteiger partial charge in [0.1, 0.15) is 0 Å². The van der Waals surface area contributed by atoms with Gasteiger partial charge >= 0.3 is 0 Å². The van der Waals surface area contributed by atoms with Crippen molar-refractivity contribution in [1.82, 2.24) is 4.98 Å². The molecule has 0 radical (unpaired) electrons. The van der Waals surface area contributed by atoms with Gasteiger partial charge in [0, 0.05) is 12.2 Å². The summed E-state index contributed by atoms with van der Waals surface area (Å²) in [7, 11) is 0. The number of nitrogens with one attached hydrogen (secondary N) is 1. The lowest BCUT2D eigenvalue weighted by Crippen LogP contribution is -2.25. The molecule has 1 heterocycles. The second-order valence-corrected chi connectivity index (χ2v) is 5.95. The summed E-state index contributed by atoms with van der Waals surface area (Å²) in [5, 5.41) is 13.1. The third-order valence-corrected chi connectivity index (χ3v) is 3.65. The molecule has 1 aromatic carbocycles. The van der Waals surface area contributed by atoms with E-state index in [2.05, 4.69) is 10.3 Å². The van der Waals surface area contributed by atoms with Crippen LogP contribution in [0.5, 0.6) is 0 Å². The number of rotatable bonds is 9. The van der Waals surface area contributed by atoms with Crippen LogP contribution in [0.25, 0.3) is 10.2 Å². The van der Waals surface area contributed by atoms with Gasteiger partial charge in [-0.3, -0.25) is 0 Å². The van der Waals surface area contributed by atoms with Gasteiger partial charge in [-0.05, 0) is 32.0 Å². The van der Waals surface area contributed by atoms with Crippen LogP contribution in [0.1, 0.15) is 13.8 Å². The van der Waals surface area contributed by atoms with Crippen molar-refractivity contribution in [3.05, 3.63) is 23.7 Å². The maximum atomic E-state index is 9.85. The van der Waals surface area contributed by atoms with Crippen molar-refractivity contribution in [3.63, 3.8) is 0 Å². The maximum absolute atomic E-state index is 9.85. The standard InChI is InChI=1S/C15H22N2O3S/c1-11(2)20-6-5-19-9-13(18)8-16-12-3-4-14-15(7-12)21-10-17-14/h3-4,7,10-11,13,16,18H,5-6,8-9H2,1-2H3. The van der Waals surface area contributed by atoms with E-state index in [1.165, 1.54) is 0 Å². The largest absolute Gasteiger partial charge is 0.389 e. The van der Waals surface area contributed by atoms with Crippen LogP contribution < -0.4 is 5.32 Å². The Morgan fingerprint density at radius 3 is 3.00 bits per heavy atom. The van der Waals surface area contributed by atoms with E-state index in [1.54, 1.807) is 11.3 Å². The first-order valence-electron chi connectivity index (χ1n) is 7.09. The topological polar surface area (TPSA) is 63.6 Å². The molecule has 2 N–H and O–H groups in total. The normalized spacial score (nSPS) is 13.0. The summed E-state index contributed by atoms with van der Waals surface area (Å²) in [6, 6.07) is 5.98. The van der Waals surface area contributed by atoms with Gasteiger partial charge in [-0.15, -0.1) is 11.3 Å². The molecular weight excluding hydrogens is 288 g/mol. The molecule has 1 aromatic heterocycles. The fourth-order valence-electron chi connectivity index (χ4n) is 1.82. The molecule has 0 aliphatic rings. The highest BCUT2D eigenvalue weighted by Crippen LogP contribution is 2.21. The fourth-order valence-corrected chi connectivity index (χ4v) is 2.54. The Kier molecular flexibility index (Phi) is 6.38. The number of thiazole rings is 1. The van der Waals surface area contributed by atoms with Gasteiger partial charge < -0.3 is 19.9 Å². The van der Waals surface area contributed by atoms with Crippen molar-refractivity contribution in [3.8, 4) is 0 Å². The predicted molar refractivity (Wildman–Crippen MR) is 86.0 cm³/mol. The van der Waals surface area contributed by atoms with Crippen molar-refractivity contribution in [2.75, 3.05) is 31.7 Å². The Bertz CT molecular complexity index is 544. The van der Waals surface area contributed by atoms with Gasteiger partial charge in [0.15, 0.2) is 0 Å². The molecule has 0 fully saturated rings. The molecule has 0 amide bonds. The average molecular weight is 310 g/mol. The lowest BCUT2D eigenvalue weighted by atomic mass is 10.3. The smallest absolute Gasteiger partial charge is 0.0945 e. The predicted octanol–water partition coefficient (Wildman–Crippen LogP) is 2.51. The lowest BCUT2D eigenvalue weighted by Gasteiger charge is -2.14. The van der Waals surface area contributed by atoms with Gasteiger partial charge in [-0.1, -0.05) is 0 Å². The molecule has 0 spiro atoms. The molecule has 0 bridgehead atoms. The Balaban J connectivity index is 1.65. The first-order valence-corrected chi connectivity index (χ1v) is 7.97. The number of hydrogen-bond acceptors (Lipinski definition) is 6. The molecule has 5 nitrogen and oxygen atoms in total. The summed E-state index contributed by atoms with van der Waals surface area (Å²) in [6.45, 7) is 5.78. The molecule has 0 saturated heterocycles. The maximum Gasteiger partial charge on any atom is 0.0945 e. The third-order valence-electron chi connectivity index (χ3n) is 2.86. The van der Waals surface area contributed by atoms with Crippen LogP contribution in [0.2, 0.25) is 0 Å². The first kappa shape index (κ1) is 16.2. The molecule has 1 atom stereocenters. The Hall–Kier alpha value is -1.21. The Labute approximate surface area is 128 Å². The van der Waals surface area contributed by atoms with Gasteiger partial charge in [0.2, 0.25) is 0 Å². The van der Waals surface area contributed by atoms with Crippen molar-refractivity contribution in [2.45, 2.75) is 26.1 Å². The first-order chi connectivity index (χ1) is 10.1. The molecule has 0 aliphatic heterocycles. The minimum Gasteiger partial charge on any atom is -0.389 e. The summed E-state index contributed by atoms with van der Waals surface area (Å²) >= 11 is 1.61. The van der Waals surface area contributed by atoms with Crippen LogP contribution in [0.15, 0.2) is 23.7 Å². The van der Waals surface area contributed by atoms with Gasteiger partial charge in [0.05, 0.1) is 47.8 Å². The zero-order chi connectivity index (χ0) is 15.1. The van der Waals surface area contributed by atoms with Crippen LogP contribution in [0, 0.1) is 0 Å². The fraction of sp³-hybridized carbons (Fsp3) is 0.533. The minimum absolute atomic E-state index is 0.210. The number of benzene rings is 1. The number of ether oxygens (including phenoxy) is 2. The number of aromatic nitrogens is 1. The van der Waals surface area contributed by atoms with E-state index in [1.807, 2.05) is 37.6 Å². The summed E-state index contributed by atoms with van der Waals surface area (Å²) in [4.78, 5) is 4.23. The van der Waals surface area contributed by atoms with E-state index in [9.17, 15) is 5.11 Å². The van der Waals surface area contributed by atoms with Crippen LogP contribution in [0.3, 0.4) is 0 Å². The Morgan fingerprint density at radius 2 is 2.19 bits per heavy atom. The van der Waals surface area contributed by atoms with Crippen LogP contribution >= 0.6 is 11.3 Å². The van der Waals surface area contributed by atoms with Crippen molar-refractivity contribution in [2.24, 2.45) is 0 Å². The quantitative estimate of drug-likeness (QED) is 0.697. The van der Waals surface area contributed by atoms with Crippen LogP contribution in [-0.2, 0) is 9.47 Å². The molecule has 2 rings (SSSR count).